The number of piperidine rings is 1. The maximum Gasteiger partial charge on any atom is 0.234 e. The predicted octanol–water partition coefficient (Wildman–Crippen LogP) is 0.851. The molecule has 1 saturated heterocycles. The highest BCUT2D eigenvalue weighted by atomic mass is 16.3. The van der Waals surface area contributed by atoms with Gasteiger partial charge in [0.15, 0.2) is 0 Å². The Morgan fingerprint density at radius 3 is 2.82 bits per heavy atom. The molecule has 0 aromatic heterocycles. The van der Waals surface area contributed by atoms with Crippen molar-refractivity contribution in [2.24, 2.45) is 11.8 Å². The minimum atomic E-state index is -0.199. The standard InChI is InChI=1S/C13H26N2O2/c1-10(2)4-6-14-13(17)9-15-7-5-12(16)11(3)8-15/h10-12,16H,4-9H2,1-3H3,(H,14,17). The van der Waals surface area contributed by atoms with Crippen LogP contribution in [0.4, 0.5) is 0 Å². The molecule has 100 valence electrons. The monoisotopic (exact) mass is 242 g/mol. The Balaban J connectivity index is 2.18. The van der Waals surface area contributed by atoms with Crippen molar-refractivity contribution in [3.8, 4) is 0 Å². The van der Waals surface area contributed by atoms with Crippen LogP contribution in [0.5, 0.6) is 0 Å². The Morgan fingerprint density at radius 1 is 1.53 bits per heavy atom. The van der Waals surface area contributed by atoms with Gasteiger partial charge in [0.25, 0.3) is 0 Å². The van der Waals surface area contributed by atoms with E-state index in [2.05, 4.69) is 24.1 Å². The van der Waals surface area contributed by atoms with Crippen molar-refractivity contribution < 1.29 is 9.90 Å². The molecule has 0 bridgehead atoms. The zero-order chi connectivity index (χ0) is 12.8. The van der Waals surface area contributed by atoms with Crippen molar-refractivity contribution >= 4 is 5.91 Å². The fourth-order valence-corrected chi connectivity index (χ4v) is 2.12. The molecule has 4 nitrogen and oxygen atoms in total. The van der Waals surface area contributed by atoms with Crippen LogP contribution in [0.25, 0.3) is 0 Å². The number of carbonyl (C=O) groups is 1. The van der Waals surface area contributed by atoms with E-state index in [1.54, 1.807) is 0 Å². The SMILES string of the molecule is CC(C)CCNC(=O)CN1CCC(O)C(C)C1. The molecule has 0 radical (unpaired) electrons. The van der Waals surface area contributed by atoms with Gasteiger partial charge in [0.1, 0.15) is 0 Å². The fourth-order valence-electron chi connectivity index (χ4n) is 2.12. The molecule has 1 heterocycles. The molecular formula is C13H26N2O2. The van der Waals surface area contributed by atoms with Gasteiger partial charge < -0.3 is 10.4 Å². The normalized spacial score (nSPS) is 26.2. The van der Waals surface area contributed by atoms with Crippen molar-refractivity contribution in [3.05, 3.63) is 0 Å². The average Bonchev–Trinajstić information content (AvgIpc) is 2.23. The Morgan fingerprint density at radius 2 is 2.24 bits per heavy atom. The van der Waals surface area contributed by atoms with Crippen molar-refractivity contribution in [3.63, 3.8) is 0 Å². The molecule has 1 rings (SSSR count). The van der Waals surface area contributed by atoms with Gasteiger partial charge in [0, 0.05) is 19.6 Å². The smallest absolute Gasteiger partial charge is 0.234 e. The van der Waals surface area contributed by atoms with Crippen molar-refractivity contribution in [2.45, 2.75) is 39.7 Å². The quantitative estimate of drug-likeness (QED) is 0.751. The maximum absolute atomic E-state index is 11.7. The number of likely N-dealkylation sites (tertiary alicyclic amines) is 1. The number of rotatable bonds is 5. The second-order valence-electron chi connectivity index (χ2n) is 5.60. The number of aliphatic hydroxyl groups excluding tert-OH is 1. The van der Waals surface area contributed by atoms with Gasteiger partial charge in [-0.1, -0.05) is 20.8 Å². The summed E-state index contributed by atoms with van der Waals surface area (Å²) in [6.45, 7) is 9.22. The molecule has 1 amide bonds. The highest BCUT2D eigenvalue weighted by Gasteiger charge is 2.25. The lowest BCUT2D eigenvalue weighted by Crippen LogP contribution is -2.46. The van der Waals surface area contributed by atoms with Gasteiger partial charge in [-0.05, 0) is 24.7 Å². The van der Waals surface area contributed by atoms with Crippen molar-refractivity contribution in [2.75, 3.05) is 26.2 Å². The van der Waals surface area contributed by atoms with Gasteiger partial charge in [-0.15, -0.1) is 0 Å². The van der Waals surface area contributed by atoms with E-state index in [-0.39, 0.29) is 17.9 Å². The third-order valence-electron chi connectivity index (χ3n) is 3.36. The second kappa shape index (κ2) is 6.97. The Hall–Kier alpha value is -0.610. The summed E-state index contributed by atoms with van der Waals surface area (Å²) in [6, 6.07) is 0. The first-order chi connectivity index (χ1) is 7.99. The van der Waals surface area contributed by atoms with Gasteiger partial charge in [-0.3, -0.25) is 9.69 Å². The van der Waals surface area contributed by atoms with Crippen LogP contribution in [0.15, 0.2) is 0 Å². The molecule has 0 saturated carbocycles. The van der Waals surface area contributed by atoms with Crippen LogP contribution in [0.2, 0.25) is 0 Å². The van der Waals surface area contributed by atoms with Gasteiger partial charge in [-0.25, -0.2) is 0 Å². The molecule has 4 heteroatoms. The van der Waals surface area contributed by atoms with E-state index in [4.69, 9.17) is 0 Å². The summed E-state index contributed by atoms with van der Waals surface area (Å²) in [4.78, 5) is 13.8. The van der Waals surface area contributed by atoms with E-state index in [1.807, 2.05) is 6.92 Å². The molecule has 0 aromatic carbocycles. The number of hydrogen-bond donors (Lipinski definition) is 2. The van der Waals surface area contributed by atoms with E-state index in [1.165, 1.54) is 0 Å². The third-order valence-corrected chi connectivity index (χ3v) is 3.36. The lowest BCUT2D eigenvalue weighted by Gasteiger charge is -2.33. The van der Waals surface area contributed by atoms with E-state index >= 15 is 0 Å². The zero-order valence-electron chi connectivity index (χ0n) is 11.3. The van der Waals surface area contributed by atoms with Crippen LogP contribution in [0, 0.1) is 11.8 Å². The molecule has 17 heavy (non-hydrogen) atoms. The third kappa shape index (κ3) is 5.50. The molecule has 2 unspecified atom stereocenters. The van der Waals surface area contributed by atoms with Gasteiger partial charge in [-0.2, -0.15) is 0 Å². The zero-order valence-corrected chi connectivity index (χ0v) is 11.3. The number of hydrogen-bond acceptors (Lipinski definition) is 3. The fraction of sp³-hybridized carbons (Fsp3) is 0.923. The van der Waals surface area contributed by atoms with Crippen LogP contribution in [0.3, 0.4) is 0 Å². The largest absolute Gasteiger partial charge is 0.393 e. The van der Waals surface area contributed by atoms with Crippen LogP contribution < -0.4 is 5.32 Å². The molecular weight excluding hydrogens is 216 g/mol. The van der Waals surface area contributed by atoms with E-state index in [0.717, 1.165) is 32.5 Å². The lowest BCUT2D eigenvalue weighted by molar-refractivity contribution is -0.123. The summed E-state index contributed by atoms with van der Waals surface area (Å²) in [5.41, 5.74) is 0. The highest BCUT2D eigenvalue weighted by molar-refractivity contribution is 5.77. The van der Waals surface area contributed by atoms with Crippen LogP contribution >= 0.6 is 0 Å². The maximum atomic E-state index is 11.7. The first-order valence-corrected chi connectivity index (χ1v) is 6.66. The Kier molecular flexibility index (Phi) is 5.92. The number of amides is 1. The van der Waals surface area contributed by atoms with E-state index in [9.17, 15) is 9.90 Å². The first-order valence-electron chi connectivity index (χ1n) is 6.66. The molecule has 0 aromatic rings. The highest BCUT2D eigenvalue weighted by Crippen LogP contribution is 2.15. The summed E-state index contributed by atoms with van der Waals surface area (Å²) in [6.07, 6.45) is 1.61. The van der Waals surface area contributed by atoms with Gasteiger partial charge >= 0.3 is 0 Å². The van der Waals surface area contributed by atoms with Crippen LogP contribution in [0.1, 0.15) is 33.6 Å². The molecule has 2 atom stereocenters. The molecule has 1 aliphatic heterocycles. The predicted molar refractivity (Wildman–Crippen MR) is 68.7 cm³/mol. The van der Waals surface area contributed by atoms with Crippen molar-refractivity contribution in [1.82, 2.24) is 10.2 Å². The number of carbonyl (C=O) groups excluding carboxylic acids is 1. The minimum absolute atomic E-state index is 0.106. The summed E-state index contributed by atoms with van der Waals surface area (Å²) in [5, 5.41) is 12.5. The summed E-state index contributed by atoms with van der Waals surface area (Å²) in [7, 11) is 0. The van der Waals surface area contributed by atoms with Gasteiger partial charge in [0.2, 0.25) is 5.91 Å². The minimum Gasteiger partial charge on any atom is -0.393 e. The van der Waals surface area contributed by atoms with Gasteiger partial charge in [0.05, 0.1) is 12.6 Å². The van der Waals surface area contributed by atoms with E-state index in [0.29, 0.717) is 12.5 Å². The van der Waals surface area contributed by atoms with E-state index < -0.39 is 0 Å². The lowest BCUT2D eigenvalue weighted by atomic mass is 9.97. The second-order valence-corrected chi connectivity index (χ2v) is 5.60. The average molecular weight is 242 g/mol. The number of nitrogens with one attached hydrogen (secondary N) is 1. The van der Waals surface area contributed by atoms with Crippen LogP contribution in [-0.2, 0) is 4.79 Å². The van der Waals surface area contributed by atoms with Crippen LogP contribution in [-0.4, -0.2) is 48.2 Å². The first kappa shape index (κ1) is 14.5. The molecule has 1 aliphatic rings. The Labute approximate surface area is 104 Å². The number of nitrogens with zero attached hydrogens (tertiary/aromatic N) is 1. The summed E-state index contributed by atoms with van der Waals surface area (Å²) < 4.78 is 0. The summed E-state index contributed by atoms with van der Waals surface area (Å²) in [5.74, 6) is 1.00. The molecule has 0 aliphatic carbocycles. The molecule has 1 fully saturated rings. The molecule has 2 N–H and O–H groups in total. The van der Waals surface area contributed by atoms with Crippen molar-refractivity contribution in [1.29, 1.82) is 0 Å². The number of aliphatic hydroxyl groups is 1. The molecule has 0 spiro atoms. The Bertz CT molecular complexity index is 244. The summed E-state index contributed by atoms with van der Waals surface area (Å²) >= 11 is 0. The topological polar surface area (TPSA) is 52.6 Å².